The van der Waals surface area contributed by atoms with Crippen LogP contribution in [0.15, 0.2) is 46.9 Å². The Morgan fingerprint density at radius 2 is 1.93 bits per heavy atom. The Kier molecular flexibility index (Phi) is 5.23. The van der Waals surface area contributed by atoms with Gasteiger partial charge in [-0.3, -0.25) is 4.79 Å². The quantitative estimate of drug-likeness (QED) is 0.634. The number of para-hydroxylation sites is 1. The highest BCUT2D eigenvalue weighted by molar-refractivity contribution is 6.06. The fourth-order valence-electron chi connectivity index (χ4n) is 2.82. The number of furan rings is 1. The number of carbonyl (C=O) groups excluding carboxylic acids is 1. The zero-order valence-electron chi connectivity index (χ0n) is 14.8. The first-order valence-corrected chi connectivity index (χ1v) is 8.38. The number of fused-ring (bicyclic) bond motifs is 1. The van der Waals surface area contributed by atoms with Gasteiger partial charge in [0.15, 0.2) is 5.76 Å². The first-order valence-electron chi connectivity index (χ1n) is 8.38. The van der Waals surface area contributed by atoms with E-state index in [1.165, 1.54) is 19.1 Å². The Morgan fingerprint density at radius 3 is 2.63 bits per heavy atom. The number of halogens is 3. The number of carbonyl (C=O) groups is 1. The third-order valence-electron chi connectivity index (χ3n) is 4.16. The van der Waals surface area contributed by atoms with Gasteiger partial charge in [-0.2, -0.15) is 13.2 Å². The van der Waals surface area contributed by atoms with Crippen LogP contribution in [0.5, 0.6) is 0 Å². The van der Waals surface area contributed by atoms with E-state index in [1.54, 1.807) is 18.2 Å². The molecule has 0 spiro atoms. The summed E-state index contributed by atoms with van der Waals surface area (Å²) in [4.78, 5) is 12.7. The number of anilines is 1. The maximum atomic E-state index is 13.1. The number of ether oxygens (including phenoxy) is 1. The molecule has 1 aromatic heterocycles. The van der Waals surface area contributed by atoms with Crippen molar-refractivity contribution in [1.82, 2.24) is 0 Å². The molecule has 1 amide bonds. The molecule has 3 rings (SSSR count). The molecule has 0 aliphatic carbocycles. The zero-order chi connectivity index (χ0) is 19.6. The van der Waals surface area contributed by atoms with Crippen LogP contribution < -0.4 is 5.32 Å². The molecule has 0 radical (unpaired) electrons. The highest BCUT2D eigenvalue weighted by Crippen LogP contribution is 2.34. The van der Waals surface area contributed by atoms with Crippen molar-refractivity contribution in [3.63, 3.8) is 0 Å². The van der Waals surface area contributed by atoms with Crippen LogP contribution >= 0.6 is 0 Å². The van der Waals surface area contributed by atoms with Crippen LogP contribution in [0.25, 0.3) is 11.0 Å². The van der Waals surface area contributed by atoms with Gasteiger partial charge >= 0.3 is 6.18 Å². The highest BCUT2D eigenvalue weighted by atomic mass is 19.4. The normalized spacial score (nSPS) is 11.7. The van der Waals surface area contributed by atoms with E-state index in [4.69, 9.17) is 9.15 Å². The Hall–Kier alpha value is -2.80. The van der Waals surface area contributed by atoms with Crippen LogP contribution in [-0.4, -0.2) is 12.5 Å². The molecule has 7 heteroatoms. The van der Waals surface area contributed by atoms with Crippen molar-refractivity contribution in [3.8, 4) is 0 Å². The monoisotopic (exact) mass is 377 g/mol. The summed E-state index contributed by atoms with van der Waals surface area (Å²) in [5.41, 5.74) is 0.409. The van der Waals surface area contributed by atoms with Gasteiger partial charge in [0.25, 0.3) is 5.91 Å². The second-order valence-corrected chi connectivity index (χ2v) is 6.02. The van der Waals surface area contributed by atoms with Gasteiger partial charge in [-0.05, 0) is 37.6 Å². The summed E-state index contributed by atoms with van der Waals surface area (Å²) in [5.74, 6) is -0.600. The minimum absolute atomic E-state index is 0.0267. The lowest BCUT2D eigenvalue weighted by atomic mass is 10.1. The number of hydrogen-bond donors (Lipinski definition) is 1. The summed E-state index contributed by atoms with van der Waals surface area (Å²) in [6.45, 7) is 3.81. The van der Waals surface area contributed by atoms with Crippen LogP contribution in [-0.2, 0) is 17.5 Å². The summed E-state index contributed by atoms with van der Waals surface area (Å²) < 4.78 is 50.3. The minimum atomic E-state index is -4.50. The third-order valence-corrected chi connectivity index (χ3v) is 4.16. The smallest absolute Gasteiger partial charge is 0.416 e. The molecule has 27 heavy (non-hydrogen) atoms. The molecular weight excluding hydrogens is 359 g/mol. The fraction of sp³-hybridized carbons (Fsp3) is 0.250. The van der Waals surface area contributed by atoms with E-state index < -0.39 is 17.6 Å². The average Bonchev–Trinajstić information content (AvgIpc) is 2.99. The molecule has 2 aromatic carbocycles. The molecule has 0 unspecified atom stereocenters. The largest absolute Gasteiger partial charge is 0.451 e. The number of rotatable bonds is 5. The van der Waals surface area contributed by atoms with Gasteiger partial charge < -0.3 is 14.5 Å². The second-order valence-electron chi connectivity index (χ2n) is 6.02. The van der Waals surface area contributed by atoms with E-state index in [1.807, 2.05) is 13.0 Å². The van der Waals surface area contributed by atoms with E-state index >= 15 is 0 Å². The number of amides is 1. The van der Waals surface area contributed by atoms with Crippen molar-refractivity contribution in [2.75, 3.05) is 11.9 Å². The summed E-state index contributed by atoms with van der Waals surface area (Å²) in [6, 6.07) is 10.8. The number of nitrogens with one attached hydrogen (secondary N) is 1. The summed E-state index contributed by atoms with van der Waals surface area (Å²) >= 11 is 0. The van der Waals surface area contributed by atoms with Crippen molar-refractivity contribution in [1.29, 1.82) is 0 Å². The standard InChI is InChI=1S/C20H18F3NO3/c1-3-26-11-15-14-6-4-5-7-17(14)27-18(15)19(25)24-13-9-8-12(2)16(10-13)20(21,22)23/h4-10H,3,11H2,1-2H3,(H,24,25). The topological polar surface area (TPSA) is 51.5 Å². The van der Waals surface area contributed by atoms with Gasteiger partial charge in [-0.25, -0.2) is 0 Å². The lowest BCUT2D eigenvalue weighted by Crippen LogP contribution is -2.15. The average molecular weight is 377 g/mol. The molecule has 142 valence electrons. The van der Waals surface area contributed by atoms with E-state index in [2.05, 4.69) is 5.32 Å². The van der Waals surface area contributed by atoms with Gasteiger partial charge in [-0.1, -0.05) is 24.3 Å². The molecule has 0 saturated heterocycles. The molecule has 1 N–H and O–H groups in total. The lowest BCUT2D eigenvalue weighted by Gasteiger charge is -2.12. The first kappa shape index (κ1) is 19.0. The molecule has 4 nitrogen and oxygen atoms in total. The van der Waals surface area contributed by atoms with Crippen LogP contribution in [0.2, 0.25) is 0 Å². The molecule has 3 aromatic rings. The van der Waals surface area contributed by atoms with Crippen molar-refractivity contribution in [2.45, 2.75) is 26.6 Å². The van der Waals surface area contributed by atoms with Crippen molar-refractivity contribution in [3.05, 3.63) is 64.9 Å². The predicted molar refractivity (Wildman–Crippen MR) is 95.7 cm³/mol. The molecule has 0 fully saturated rings. The van der Waals surface area contributed by atoms with Crippen molar-refractivity contribution >= 4 is 22.6 Å². The van der Waals surface area contributed by atoms with E-state index in [0.29, 0.717) is 17.8 Å². The molecule has 0 saturated carbocycles. The Labute approximate surface area is 153 Å². The lowest BCUT2D eigenvalue weighted by molar-refractivity contribution is -0.138. The van der Waals surface area contributed by atoms with Crippen LogP contribution in [0.4, 0.5) is 18.9 Å². The van der Waals surface area contributed by atoms with Gasteiger partial charge in [0.05, 0.1) is 12.2 Å². The Balaban J connectivity index is 1.95. The van der Waals surface area contributed by atoms with Crippen LogP contribution in [0.3, 0.4) is 0 Å². The SMILES string of the molecule is CCOCc1c(C(=O)Nc2ccc(C)c(C(F)(F)F)c2)oc2ccccc12. The van der Waals surface area contributed by atoms with Crippen molar-refractivity contribution < 1.29 is 27.1 Å². The highest BCUT2D eigenvalue weighted by Gasteiger charge is 2.32. The van der Waals surface area contributed by atoms with Crippen LogP contribution in [0.1, 0.15) is 34.2 Å². The summed E-state index contributed by atoms with van der Waals surface area (Å²) in [6.07, 6.45) is -4.50. The molecular formula is C20H18F3NO3. The maximum Gasteiger partial charge on any atom is 0.416 e. The van der Waals surface area contributed by atoms with Gasteiger partial charge in [0.1, 0.15) is 5.58 Å². The van der Waals surface area contributed by atoms with Gasteiger partial charge in [-0.15, -0.1) is 0 Å². The molecule has 0 atom stereocenters. The number of hydrogen-bond acceptors (Lipinski definition) is 3. The van der Waals surface area contributed by atoms with Crippen LogP contribution in [0, 0.1) is 6.92 Å². The van der Waals surface area contributed by atoms with Crippen molar-refractivity contribution in [2.24, 2.45) is 0 Å². The van der Waals surface area contributed by atoms with E-state index in [-0.39, 0.29) is 23.6 Å². The summed E-state index contributed by atoms with van der Waals surface area (Å²) in [7, 11) is 0. The van der Waals surface area contributed by atoms with E-state index in [0.717, 1.165) is 11.5 Å². The second kappa shape index (κ2) is 7.44. The maximum absolute atomic E-state index is 13.1. The van der Waals surface area contributed by atoms with Gasteiger partial charge in [0, 0.05) is 23.2 Å². The molecule has 0 aliphatic rings. The first-order chi connectivity index (χ1) is 12.8. The number of benzene rings is 2. The molecule has 0 bridgehead atoms. The molecule has 1 heterocycles. The Bertz CT molecular complexity index is 976. The predicted octanol–water partition coefficient (Wildman–Crippen LogP) is 5.55. The fourth-order valence-corrected chi connectivity index (χ4v) is 2.82. The Morgan fingerprint density at radius 1 is 1.19 bits per heavy atom. The van der Waals surface area contributed by atoms with E-state index in [9.17, 15) is 18.0 Å². The number of aryl methyl sites for hydroxylation is 1. The number of alkyl halides is 3. The summed E-state index contributed by atoms with van der Waals surface area (Å²) in [5, 5.41) is 3.22. The van der Waals surface area contributed by atoms with Gasteiger partial charge in [0.2, 0.25) is 0 Å². The molecule has 0 aliphatic heterocycles. The third kappa shape index (κ3) is 3.98. The zero-order valence-corrected chi connectivity index (χ0v) is 14.8. The minimum Gasteiger partial charge on any atom is -0.451 e.